The Morgan fingerprint density at radius 3 is 1.38 bits per heavy atom. The van der Waals surface area contributed by atoms with E-state index in [4.69, 9.17) is 8.37 Å². The average Bonchev–Trinajstić information content (AvgIpc) is 3.19. The van der Waals surface area contributed by atoms with E-state index in [1.165, 1.54) is 24.3 Å². The lowest BCUT2D eigenvalue weighted by molar-refractivity contribution is 0.320. The first-order chi connectivity index (χ1) is 17.6. The predicted molar refractivity (Wildman–Crippen MR) is 137 cm³/mol. The van der Waals surface area contributed by atoms with Crippen LogP contribution in [0.5, 0.6) is 11.5 Å². The molecule has 0 aliphatic heterocycles. The van der Waals surface area contributed by atoms with E-state index in [1.54, 1.807) is 74.5 Å². The van der Waals surface area contributed by atoms with Crippen molar-refractivity contribution in [1.29, 1.82) is 0 Å². The van der Waals surface area contributed by atoms with E-state index >= 15 is 0 Å². The van der Waals surface area contributed by atoms with Crippen LogP contribution in [0.4, 0.5) is 0 Å². The molecule has 0 heterocycles. The van der Waals surface area contributed by atoms with E-state index in [1.807, 2.05) is 0 Å². The number of oxime groups is 1. The predicted octanol–water partition coefficient (Wildman–Crippen LogP) is 5.05. The molecule has 188 valence electrons. The van der Waals surface area contributed by atoms with E-state index < -0.39 is 20.2 Å². The van der Waals surface area contributed by atoms with Crippen LogP contribution in [-0.4, -0.2) is 27.8 Å². The fourth-order valence-corrected chi connectivity index (χ4v) is 6.14. The molecule has 4 aromatic rings. The molecule has 0 unspecified atom stereocenters. The highest BCUT2D eigenvalue weighted by molar-refractivity contribution is 7.87. The summed E-state index contributed by atoms with van der Waals surface area (Å²) in [5, 5.41) is 13.2. The fourth-order valence-electron chi connectivity index (χ4n) is 4.10. The van der Waals surface area contributed by atoms with Gasteiger partial charge in [-0.3, -0.25) is 0 Å². The molecule has 1 aliphatic rings. The van der Waals surface area contributed by atoms with Gasteiger partial charge in [0.25, 0.3) is 0 Å². The molecule has 0 aromatic heterocycles. The molecule has 5 rings (SSSR count). The van der Waals surface area contributed by atoms with E-state index in [9.17, 15) is 22.0 Å². The van der Waals surface area contributed by atoms with Crippen LogP contribution in [0.1, 0.15) is 22.3 Å². The summed E-state index contributed by atoms with van der Waals surface area (Å²) in [5.74, 6) is 0.400. The number of nitrogens with zero attached hydrogens (tertiary/aromatic N) is 1. The summed E-state index contributed by atoms with van der Waals surface area (Å²) < 4.78 is 62.6. The van der Waals surface area contributed by atoms with Crippen LogP contribution in [-0.2, 0) is 20.2 Å². The molecule has 0 spiro atoms. The highest BCUT2D eigenvalue weighted by Gasteiger charge is 2.31. The number of rotatable bonds is 6. The molecule has 0 saturated carbocycles. The van der Waals surface area contributed by atoms with Gasteiger partial charge in [-0.2, -0.15) is 16.8 Å². The first kappa shape index (κ1) is 24.5. The van der Waals surface area contributed by atoms with Crippen molar-refractivity contribution < 1.29 is 30.4 Å². The average molecular weight is 536 g/mol. The Bertz CT molecular complexity index is 1660. The van der Waals surface area contributed by atoms with Gasteiger partial charge in [0.15, 0.2) is 0 Å². The monoisotopic (exact) mass is 535 g/mol. The maximum atomic E-state index is 13.0. The minimum absolute atomic E-state index is 0.0332. The lowest BCUT2D eigenvalue weighted by Crippen LogP contribution is -2.12. The molecule has 1 aliphatic carbocycles. The summed E-state index contributed by atoms with van der Waals surface area (Å²) in [6, 6.07) is 22.1. The minimum atomic E-state index is -4.20. The molecule has 0 radical (unpaired) electrons. The van der Waals surface area contributed by atoms with Crippen LogP contribution in [0.3, 0.4) is 0 Å². The molecule has 0 fully saturated rings. The highest BCUT2D eigenvalue weighted by atomic mass is 32.2. The van der Waals surface area contributed by atoms with Crippen molar-refractivity contribution in [2.24, 2.45) is 5.16 Å². The Hall–Kier alpha value is -4.15. The van der Waals surface area contributed by atoms with Gasteiger partial charge >= 0.3 is 20.2 Å². The molecule has 0 amide bonds. The quantitative estimate of drug-likeness (QED) is 0.184. The Labute approximate surface area is 214 Å². The van der Waals surface area contributed by atoms with E-state index in [2.05, 4.69) is 5.16 Å². The van der Waals surface area contributed by atoms with Crippen LogP contribution in [0.25, 0.3) is 11.1 Å². The van der Waals surface area contributed by atoms with Crippen molar-refractivity contribution in [3.8, 4) is 22.6 Å². The van der Waals surface area contributed by atoms with Crippen LogP contribution in [0.2, 0.25) is 0 Å². The van der Waals surface area contributed by atoms with E-state index in [0.717, 1.165) is 0 Å². The number of aryl methyl sites for hydroxylation is 2. The zero-order valence-corrected chi connectivity index (χ0v) is 21.4. The zero-order chi connectivity index (χ0) is 26.4. The van der Waals surface area contributed by atoms with Crippen LogP contribution in [0, 0.1) is 13.8 Å². The molecule has 1 N–H and O–H groups in total. The first-order valence-corrected chi connectivity index (χ1v) is 13.9. The lowest BCUT2D eigenvalue weighted by atomic mass is 10.1. The Morgan fingerprint density at radius 1 is 0.595 bits per heavy atom. The van der Waals surface area contributed by atoms with Crippen molar-refractivity contribution >= 4 is 25.9 Å². The Kier molecular flexibility index (Phi) is 6.01. The molecule has 0 atom stereocenters. The maximum Gasteiger partial charge on any atom is 0.339 e. The number of para-hydroxylation sites is 2. The van der Waals surface area contributed by atoms with E-state index in [-0.39, 0.29) is 27.0 Å². The SMILES string of the molecule is Cc1ccccc1OS(=O)(=O)c1ccc2c(c1)C(=NO)c1cc(S(=O)(=O)Oc3ccccc3C)ccc1-2. The van der Waals surface area contributed by atoms with Crippen molar-refractivity contribution in [3.63, 3.8) is 0 Å². The van der Waals surface area contributed by atoms with Gasteiger partial charge in [0.05, 0.1) is 0 Å². The third kappa shape index (κ3) is 4.45. The van der Waals surface area contributed by atoms with Gasteiger partial charge in [-0.1, -0.05) is 53.7 Å². The summed E-state index contributed by atoms with van der Waals surface area (Å²) in [6.45, 7) is 3.46. The first-order valence-electron chi connectivity index (χ1n) is 11.1. The Morgan fingerprint density at radius 2 is 1.00 bits per heavy atom. The summed E-state index contributed by atoms with van der Waals surface area (Å²) >= 11 is 0. The van der Waals surface area contributed by atoms with Crippen molar-refractivity contribution in [2.75, 3.05) is 0 Å². The summed E-state index contributed by atoms with van der Waals surface area (Å²) in [6.07, 6.45) is 0. The molecule has 37 heavy (non-hydrogen) atoms. The van der Waals surface area contributed by atoms with Crippen molar-refractivity contribution in [3.05, 3.63) is 107 Å². The Balaban J connectivity index is 1.51. The van der Waals surface area contributed by atoms with Crippen LogP contribution >= 0.6 is 0 Å². The summed E-state index contributed by atoms with van der Waals surface area (Å²) in [5.41, 5.74) is 3.15. The molecule has 0 bridgehead atoms. The fraction of sp³-hybridized carbons (Fsp3) is 0.0741. The number of fused-ring (bicyclic) bond motifs is 3. The van der Waals surface area contributed by atoms with Gasteiger partial charge < -0.3 is 13.6 Å². The van der Waals surface area contributed by atoms with E-state index in [0.29, 0.717) is 33.4 Å². The second-order valence-electron chi connectivity index (χ2n) is 8.47. The molecular weight excluding hydrogens is 514 g/mol. The van der Waals surface area contributed by atoms with Gasteiger partial charge in [0.2, 0.25) is 0 Å². The smallest absolute Gasteiger partial charge is 0.339 e. The summed E-state index contributed by atoms with van der Waals surface area (Å²) in [7, 11) is -8.40. The van der Waals surface area contributed by atoms with Gasteiger partial charge in [-0.05, 0) is 72.5 Å². The normalized spacial score (nSPS) is 12.5. The number of hydrogen-bond acceptors (Lipinski definition) is 8. The number of hydrogen-bond donors (Lipinski definition) is 1. The molecule has 4 aromatic carbocycles. The van der Waals surface area contributed by atoms with Crippen LogP contribution < -0.4 is 8.37 Å². The van der Waals surface area contributed by atoms with Gasteiger partial charge in [-0.25, -0.2) is 0 Å². The van der Waals surface area contributed by atoms with Crippen molar-refractivity contribution in [2.45, 2.75) is 23.6 Å². The molecule has 0 saturated heterocycles. The van der Waals surface area contributed by atoms with Crippen molar-refractivity contribution in [1.82, 2.24) is 0 Å². The topological polar surface area (TPSA) is 119 Å². The van der Waals surface area contributed by atoms with Crippen LogP contribution in [0.15, 0.2) is 99.9 Å². The highest BCUT2D eigenvalue weighted by Crippen LogP contribution is 2.40. The maximum absolute atomic E-state index is 13.0. The second-order valence-corrected chi connectivity index (χ2v) is 11.6. The zero-order valence-electron chi connectivity index (χ0n) is 19.7. The second kappa shape index (κ2) is 9.06. The van der Waals surface area contributed by atoms with Gasteiger partial charge in [-0.15, -0.1) is 0 Å². The van der Waals surface area contributed by atoms with Gasteiger partial charge in [0, 0.05) is 11.1 Å². The molecule has 8 nitrogen and oxygen atoms in total. The molecular formula is C27H21NO7S2. The largest absolute Gasteiger partial charge is 0.410 e. The number of benzene rings is 4. The summed E-state index contributed by atoms with van der Waals surface area (Å²) in [4.78, 5) is -0.279. The third-order valence-electron chi connectivity index (χ3n) is 6.05. The third-order valence-corrected chi connectivity index (χ3v) is 8.51. The lowest BCUT2D eigenvalue weighted by Gasteiger charge is -2.10. The van der Waals surface area contributed by atoms with Gasteiger partial charge in [0.1, 0.15) is 27.0 Å². The molecule has 10 heteroatoms. The standard InChI is InChI=1S/C27H21NO7S2/c1-17-7-3-5-9-25(17)34-36(30,31)19-11-13-21-22-14-12-20(16-24(22)27(28-29)23(21)15-19)37(32,33)35-26-10-6-4-8-18(26)2/h3-16,29H,1-2H3. The minimum Gasteiger partial charge on any atom is -0.410 e.